The lowest BCUT2D eigenvalue weighted by atomic mass is 10.0. The first-order chi connectivity index (χ1) is 6.90. The van der Waals surface area contributed by atoms with Gasteiger partial charge < -0.3 is 4.74 Å². The molecule has 3 rings (SSSR count). The summed E-state index contributed by atoms with van der Waals surface area (Å²) in [6.45, 7) is 0. The van der Waals surface area contributed by atoms with Crippen LogP contribution in [0, 0.1) is 6.42 Å². The Morgan fingerprint density at radius 1 is 1.14 bits per heavy atom. The summed E-state index contributed by atoms with van der Waals surface area (Å²) in [5.41, 5.74) is 2.68. The molecule has 1 nitrogen and oxygen atoms in total. The standard InChI is InChI=1S/C13H11O/c1-14-12-8-6-10-4-2-3-9-5-7-11(12)13(9)10/h2-6,8H,7H2,1H3. The lowest BCUT2D eigenvalue weighted by molar-refractivity contribution is 0.411. The van der Waals surface area contributed by atoms with Gasteiger partial charge in [0.15, 0.2) is 0 Å². The van der Waals surface area contributed by atoms with E-state index in [1.54, 1.807) is 7.11 Å². The summed E-state index contributed by atoms with van der Waals surface area (Å²) >= 11 is 0. The summed E-state index contributed by atoms with van der Waals surface area (Å²) in [7, 11) is 1.73. The van der Waals surface area contributed by atoms with Crippen molar-refractivity contribution in [3.8, 4) is 5.75 Å². The van der Waals surface area contributed by atoms with Gasteiger partial charge in [-0.3, -0.25) is 0 Å². The molecule has 1 radical (unpaired) electrons. The quantitative estimate of drug-likeness (QED) is 0.660. The van der Waals surface area contributed by atoms with Gasteiger partial charge in [-0.25, -0.2) is 0 Å². The van der Waals surface area contributed by atoms with Crippen LogP contribution in [0.5, 0.6) is 5.75 Å². The third-order valence-electron chi connectivity index (χ3n) is 2.89. The fourth-order valence-corrected chi connectivity index (χ4v) is 2.24. The van der Waals surface area contributed by atoms with Crippen LogP contribution in [0.1, 0.15) is 11.1 Å². The van der Waals surface area contributed by atoms with Gasteiger partial charge in [0.2, 0.25) is 0 Å². The minimum absolute atomic E-state index is 1.000. The van der Waals surface area contributed by atoms with E-state index in [4.69, 9.17) is 4.74 Å². The molecule has 2 aromatic rings. The normalized spacial score (nSPS) is 13.5. The summed E-state index contributed by atoms with van der Waals surface area (Å²) in [6.07, 6.45) is 3.26. The smallest absolute Gasteiger partial charge is 0.122 e. The second kappa shape index (κ2) is 2.74. The minimum Gasteiger partial charge on any atom is -0.496 e. The predicted molar refractivity (Wildman–Crippen MR) is 57.6 cm³/mol. The van der Waals surface area contributed by atoms with Crippen molar-refractivity contribution in [3.63, 3.8) is 0 Å². The van der Waals surface area contributed by atoms with Crippen LogP contribution in [0.25, 0.3) is 10.8 Å². The van der Waals surface area contributed by atoms with E-state index in [1.807, 2.05) is 0 Å². The Balaban J connectivity index is 2.45. The highest BCUT2D eigenvalue weighted by molar-refractivity contribution is 5.94. The Labute approximate surface area is 83.3 Å². The summed E-state index contributed by atoms with van der Waals surface area (Å²) < 4.78 is 5.36. The summed E-state index contributed by atoms with van der Waals surface area (Å²) in [4.78, 5) is 0. The number of rotatable bonds is 1. The van der Waals surface area contributed by atoms with Crippen molar-refractivity contribution in [2.45, 2.75) is 6.42 Å². The Morgan fingerprint density at radius 2 is 2.07 bits per heavy atom. The van der Waals surface area contributed by atoms with Crippen LogP contribution in [-0.4, -0.2) is 7.11 Å². The molecule has 14 heavy (non-hydrogen) atoms. The molecule has 0 heterocycles. The fourth-order valence-electron chi connectivity index (χ4n) is 2.24. The van der Waals surface area contributed by atoms with Crippen molar-refractivity contribution < 1.29 is 4.74 Å². The predicted octanol–water partition coefficient (Wildman–Crippen LogP) is 2.96. The summed E-state index contributed by atoms with van der Waals surface area (Å²) in [6, 6.07) is 10.6. The molecular formula is C13H11O. The Hall–Kier alpha value is -1.50. The van der Waals surface area contributed by atoms with E-state index in [-0.39, 0.29) is 0 Å². The zero-order chi connectivity index (χ0) is 9.54. The van der Waals surface area contributed by atoms with Crippen molar-refractivity contribution in [3.05, 3.63) is 47.9 Å². The fraction of sp³-hybridized carbons (Fsp3) is 0.154. The molecule has 1 heteroatoms. The first-order valence-corrected chi connectivity index (χ1v) is 4.82. The van der Waals surface area contributed by atoms with Gasteiger partial charge in [0.1, 0.15) is 5.75 Å². The molecule has 1 aliphatic rings. The minimum atomic E-state index is 1.000. The van der Waals surface area contributed by atoms with E-state index in [1.165, 1.54) is 21.9 Å². The van der Waals surface area contributed by atoms with Gasteiger partial charge in [-0.2, -0.15) is 0 Å². The van der Waals surface area contributed by atoms with Gasteiger partial charge in [-0.15, -0.1) is 0 Å². The molecule has 0 aromatic heterocycles. The van der Waals surface area contributed by atoms with Crippen LogP contribution < -0.4 is 4.74 Å². The molecular weight excluding hydrogens is 172 g/mol. The first-order valence-electron chi connectivity index (χ1n) is 4.82. The van der Waals surface area contributed by atoms with Crippen LogP contribution in [0.2, 0.25) is 0 Å². The van der Waals surface area contributed by atoms with Gasteiger partial charge in [0.25, 0.3) is 0 Å². The maximum atomic E-state index is 5.36. The van der Waals surface area contributed by atoms with Gasteiger partial charge in [-0.1, -0.05) is 24.3 Å². The summed E-state index contributed by atoms with van der Waals surface area (Å²) in [5, 5.41) is 2.68. The third-order valence-corrected chi connectivity index (χ3v) is 2.89. The second-order valence-electron chi connectivity index (χ2n) is 3.60. The topological polar surface area (TPSA) is 9.23 Å². The molecule has 2 aromatic carbocycles. The average molecular weight is 183 g/mol. The van der Waals surface area contributed by atoms with E-state index in [2.05, 4.69) is 36.8 Å². The Bertz CT molecular complexity index is 500. The average Bonchev–Trinajstić information content (AvgIpc) is 2.66. The maximum Gasteiger partial charge on any atom is 0.122 e. The number of methoxy groups -OCH3 is 1. The molecule has 0 N–H and O–H groups in total. The summed E-state index contributed by atoms with van der Waals surface area (Å²) in [5.74, 6) is 1.01. The SMILES string of the molecule is COc1ccc2cccc3c2c1C[CH]3. The number of hydrogen-bond donors (Lipinski definition) is 0. The Morgan fingerprint density at radius 3 is 2.93 bits per heavy atom. The lowest BCUT2D eigenvalue weighted by Gasteiger charge is -2.06. The van der Waals surface area contributed by atoms with Crippen LogP contribution in [-0.2, 0) is 6.42 Å². The van der Waals surface area contributed by atoms with E-state index < -0.39 is 0 Å². The van der Waals surface area contributed by atoms with E-state index in [0.717, 1.165) is 12.2 Å². The van der Waals surface area contributed by atoms with Gasteiger partial charge in [-0.05, 0) is 35.2 Å². The van der Waals surface area contributed by atoms with Crippen molar-refractivity contribution in [2.24, 2.45) is 0 Å². The number of benzene rings is 2. The van der Waals surface area contributed by atoms with E-state index >= 15 is 0 Å². The van der Waals surface area contributed by atoms with E-state index in [9.17, 15) is 0 Å². The molecule has 69 valence electrons. The van der Waals surface area contributed by atoms with Crippen LogP contribution >= 0.6 is 0 Å². The highest BCUT2D eigenvalue weighted by Crippen LogP contribution is 2.37. The maximum absolute atomic E-state index is 5.36. The van der Waals surface area contributed by atoms with E-state index in [0.29, 0.717) is 0 Å². The Kier molecular flexibility index (Phi) is 1.54. The van der Waals surface area contributed by atoms with Crippen LogP contribution in [0.15, 0.2) is 30.3 Å². The monoisotopic (exact) mass is 183 g/mol. The highest BCUT2D eigenvalue weighted by atomic mass is 16.5. The van der Waals surface area contributed by atoms with Crippen molar-refractivity contribution >= 4 is 10.8 Å². The zero-order valence-electron chi connectivity index (χ0n) is 8.08. The molecule has 0 aliphatic heterocycles. The molecule has 0 bridgehead atoms. The van der Waals surface area contributed by atoms with Gasteiger partial charge in [0, 0.05) is 5.56 Å². The molecule has 0 fully saturated rings. The molecule has 1 aliphatic carbocycles. The molecule has 0 saturated carbocycles. The highest BCUT2D eigenvalue weighted by Gasteiger charge is 2.17. The first kappa shape index (κ1) is 7.86. The molecule has 0 amide bonds. The van der Waals surface area contributed by atoms with Crippen molar-refractivity contribution in [1.82, 2.24) is 0 Å². The van der Waals surface area contributed by atoms with Gasteiger partial charge in [0.05, 0.1) is 7.11 Å². The van der Waals surface area contributed by atoms with Crippen molar-refractivity contribution in [1.29, 1.82) is 0 Å². The lowest BCUT2D eigenvalue weighted by Crippen LogP contribution is -1.88. The number of ether oxygens (including phenoxy) is 1. The zero-order valence-corrected chi connectivity index (χ0v) is 8.08. The van der Waals surface area contributed by atoms with Crippen molar-refractivity contribution in [2.75, 3.05) is 7.11 Å². The van der Waals surface area contributed by atoms with Crippen LogP contribution in [0.4, 0.5) is 0 Å². The van der Waals surface area contributed by atoms with Crippen LogP contribution in [0.3, 0.4) is 0 Å². The largest absolute Gasteiger partial charge is 0.496 e. The molecule has 0 saturated heterocycles. The van der Waals surface area contributed by atoms with Gasteiger partial charge >= 0.3 is 0 Å². The molecule has 0 atom stereocenters. The number of hydrogen-bond acceptors (Lipinski definition) is 1. The molecule has 0 unspecified atom stereocenters. The molecule has 0 spiro atoms. The third kappa shape index (κ3) is 0.897. The second-order valence-corrected chi connectivity index (χ2v) is 3.60.